The van der Waals surface area contributed by atoms with Crippen LogP contribution in [-0.4, -0.2) is 5.78 Å². The minimum Gasteiger partial charge on any atom is -0.300 e. The molecule has 0 aromatic rings. The van der Waals surface area contributed by atoms with Crippen LogP contribution in [0.5, 0.6) is 0 Å². The Morgan fingerprint density at radius 2 is 2.18 bits per heavy atom. The van der Waals surface area contributed by atoms with Crippen molar-refractivity contribution < 1.29 is 4.79 Å². The van der Waals surface area contributed by atoms with Crippen LogP contribution in [-0.2, 0) is 4.79 Å². The Morgan fingerprint density at radius 1 is 1.55 bits per heavy atom. The molecular formula is C10H16O. The molecule has 0 aromatic carbocycles. The van der Waals surface area contributed by atoms with Gasteiger partial charge in [-0.1, -0.05) is 25.5 Å². The molecule has 0 amide bonds. The molecule has 0 N–H and O–H groups in total. The lowest BCUT2D eigenvalue weighted by Crippen LogP contribution is -2.05. The molecule has 1 aliphatic carbocycles. The zero-order valence-corrected chi connectivity index (χ0v) is 7.34. The van der Waals surface area contributed by atoms with Crippen LogP contribution in [0.3, 0.4) is 0 Å². The third-order valence-corrected chi connectivity index (χ3v) is 2.33. The van der Waals surface area contributed by atoms with Crippen LogP contribution in [0.25, 0.3) is 0 Å². The van der Waals surface area contributed by atoms with Crippen molar-refractivity contribution in [2.24, 2.45) is 11.8 Å². The minimum atomic E-state index is 0.272. The molecule has 1 unspecified atom stereocenters. The largest absolute Gasteiger partial charge is 0.300 e. The number of carbonyl (C=O) groups excluding carboxylic acids is 1. The summed E-state index contributed by atoms with van der Waals surface area (Å²) < 4.78 is 0. The number of hydrogen-bond acceptors (Lipinski definition) is 1. The topological polar surface area (TPSA) is 17.1 Å². The Kier molecular flexibility index (Phi) is 2.86. The zero-order chi connectivity index (χ0) is 8.27. The molecule has 1 atom stereocenters. The maximum atomic E-state index is 10.8. The van der Waals surface area contributed by atoms with E-state index in [-0.39, 0.29) is 5.92 Å². The summed E-state index contributed by atoms with van der Waals surface area (Å²) in [7, 11) is 0. The minimum absolute atomic E-state index is 0.272. The Labute approximate surface area is 68.5 Å². The van der Waals surface area contributed by atoms with Gasteiger partial charge in [0.1, 0.15) is 5.78 Å². The SMILES string of the molecule is CC(=O)C(C)CCCC1C=C1. The third kappa shape index (κ3) is 3.35. The van der Waals surface area contributed by atoms with Gasteiger partial charge in [0.05, 0.1) is 0 Å². The highest BCUT2D eigenvalue weighted by Crippen LogP contribution is 2.23. The second kappa shape index (κ2) is 3.70. The highest BCUT2D eigenvalue weighted by atomic mass is 16.1. The van der Waals surface area contributed by atoms with Gasteiger partial charge in [-0.3, -0.25) is 4.79 Å². The van der Waals surface area contributed by atoms with Crippen molar-refractivity contribution >= 4 is 5.78 Å². The Bertz CT molecular complexity index is 164. The Morgan fingerprint density at radius 3 is 2.64 bits per heavy atom. The summed E-state index contributed by atoms with van der Waals surface area (Å²) >= 11 is 0. The highest BCUT2D eigenvalue weighted by Gasteiger charge is 2.12. The average Bonchev–Trinajstić information content (AvgIpc) is 2.71. The normalized spacial score (nSPS) is 18.4. The van der Waals surface area contributed by atoms with E-state index in [4.69, 9.17) is 0 Å². The van der Waals surface area contributed by atoms with Crippen LogP contribution >= 0.6 is 0 Å². The number of rotatable bonds is 5. The molecule has 0 aromatic heterocycles. The van der Waals surface area contributed by atoms with Crippen molar-refractivity contribution in [1.29, 1.82) is 0 Å². The quantitative estimate of drug-likeness (QED) is 0.553. The van der Waals surface area contributed by atoms with Gasteiger partial charge in [-0.05, 0) is 25.7 Å². The molecule has 1 aliphatic rings. The molecule has 0 spiro atoms. The first kappa shape index (κ1) is 8.51. The number of Topliss-reactive ketones (excluding diaryl/α,β-unsaturated/α-hetero) is 1. The second-order valence-corrected chi connectivity index (χ2v) is 3.49. The predicted octanol–water partition coefficient (Wildman–Crippen LogP) is 2.57. The Hall–Kier alpha value is -0.590. The van der Waals surface area contributed by atoms with Gasteiger partial charge < -0.3 is 0 Å². The maximum Gasteiger partial charge on any atom is 0.132 e. The van der Waals surface area contributed by atoms with Crippen LogP contribution in [0.1, 0.15) is 33.1 Å². The molecule has 0 aliphatic heterocycles. The van der Waals surface area contributed by atoms with Crippen molar-refractivity contribution in [3.8, 4) is 0 Å². The van der Waals surface area contributed by atoms with Gasteiger partial charge in [0.25, 0.3) is 0 Å². The summed E-state index contributed by atoms with van der Waals surface area (Å²) in [5, 5.41) is 0. The predicted molar refractivity (Wildman–Crippen MR) is 46.3 cm³/mol. The van der Waals surface area contributed by atoms with Crippen molar-refractivity contribution in [2.75, 3.05) is 0 Å². The molecule has 0 saturated heterocycles. The summed E-state index contributed by atoms with van der Waals surface area (Å²) in [4.78, 5) is 10.8. The number of hydrogen-bond donors (Lipinski definition) is 0. The number of ketones is 1. The van der Waals surface area contributed by atoms with E-state index in [1.807, 2.05) is 6.92 Å². The molecule has 11 heavy (non-hydrogen) atoms. The summed E-state index contributed by atoms with van der Waals surface area (Å²) in [5.74, 6) is 1.37. The van der Waals surface area contributed by atoms with E-state index < -0.39 is 0 Å². The molecule has 1 rings (SSSR count). The van der Waals surface area contributed by atoms with Crippen LogP contribution < -0.4 is 0 Å². The summed E-state index contributed by atoms with van der Waals surface area (Å²) in [6.45, 7) is 3.70. The zero-order valence-electron chi connectivity index (χ0n) is 7.34. The van der Waals surface area contributed by atoms with E-state index in [2.05, 4.69) is 12.2 Å². The Balaban J connectivity index is 1.96. The summed E-state index contributed by atoms with van der Waals surface area (Å²) in [6, 6.07) is 0. The monoisotopic (exact) mass is 152 g/mol. The van der Waals surface area contributed by atoms with Gasteiger partial charge in [0, 0.05) is 5.92 Å². The molecule has 0 radical (unpaired) electrons. The molecule has 0 heterocycles. The van der Waals surface area contributed by atoms with E-state index in [9.17, 15) is 4.79 Å². The van der Waals surface area contributed by atoms with E-state index in [1.54, 1.807) is 6.92 Å². The van der Waals surface area contributed by atoms with E-state index in [0.717, 1.165) is 12.3 Å². The standard InChI is InChI=1S/C10H16O/c1-8(9(2)11)4-3-5-10-6-7-10/h6-8,10H,3-5H2,1-2H3. The number of allylic oxidation sites excluding steroid dienone is 2. The molecule has 0 bridgehead atoms. The van der Waals surface area contributed by atoms with E-state index >= 15 is 0 Å². The fourth-order valence-electron chi connectivity index (χ4n) is 1.13. The third-order valence-electron chi connectivity index (χ3n) is 2.33. The molecule has 0 fully saturated rings. The molecular weight excluding hydrogens is 136 g/mol. The van der Waals surface area contributed by atoms with Crippen molar-refractivity contribution in [1.82, 2.24) is 0 Å². The van der Waals surface area contributed by atoms with E-state index in [0.29, 0.717) is 5.78 Å². The number of carbonyl (C=O) groups is 1. The molecule has 62 valence electrons. The van der Waals surface area contributed by atoms with Gasteiger partial charge in [0.15, 0.2) is 0 Å². The lowest BCUT2D eigenvalue weighted by Gasteiger charge is -2.05. The van der Waals surface area contributed by atoms with Crippen molar-refractivity contribution in [3.05, 3.63) is 12.2 Å². The van der Waals surface area contributed by atoms with Gasteiger partial charge in [0.2, 0.25) is 0 Å². The maximum absolute atomic E-state index is 10.8. The molecule has 1 heteroatoms. The first-order valence-corrected chi connectivity index (χ1v) is 4.39. The van der Waals surface area contributed by atoms with Gasteiger partial charge in [-0.25, -0.2) is 0 Å². The average molecular weight is 152 g/mol. The summed E-state index contributed by atoms with van der Waals surface area (Å²) in [6.07, 6.45) is 7.94. The van der Waals surface area contributed by atoms with Gasteiger partial charge in [-0.2, -0.15) is 0 Å². The lowest BCUT2D eigenvalue weighted by molar-refractivity contribution is -0.120. The first-order chi connectivity index (χ1) is 5.20. The fraction of sp³-hybridized carbons (Fsp3) is 0.700. The smallest absolute Gasteiger partial charge is 0.132 e. The van der Waals surface area contributed by atoms with Gasteiger partial charge in [-0.15, -0.1) is 0 Å². The van der Waals surface area contributed by atoms with E-state index in [1.165, 1.54) is 12.8 Å². The molecule has 0 saturated carbocycles. The van der Waals surface area contributed by atoms with Crippen molar-refractivity contribution in [2.45, 2.75) is 33.1 Å². The van der Waals surface area contributed by atoms with Crippen LogP contribution in [0, 0.1) is 11.8 Å². The highest BCUT2D eigenvalue weighted by molar-refractivity contribution is 5.77. The second-order valence-electron chi connectivity index (χ2n) is 3.49. The van der Waals surface area contributed by atoms with Crippen LogP contribution in [0.15, 0.2) is 12.2 Å². The molecule has 1 nitrogen and oxygen atoms in total. The fourth-order valence-corrected chi connectivity index (χ4v) is 1.13. The lowest BCUT2D eigenvalue weighted by atomic mass is 9.99. The van der Waals surface area contributed by atoms with Crippen molar-refractivity contribution in [3.63, 3.8) is 0 Å². The first-order valence-electron chi connectivity index (χ1n) is 4.39. The van der Waals surface area contributed by atoms with Crippen LogP contribution in [0.4, 0.5) is 0 Å². The van der Waals surface area contributed by atoms with Gasteiger partial charge >= 0.3 is 0 Å². The summed E-state index contributed by atoms with van der Waals surface area (Å²) in [5.41, 5.74) is 0. The van der Waals surface area contributed by atoms with Crippen LogP contribution in [0.2, 0.25) is 0 Å².